The van der Waals surface area contributed by atoms with Gasteiger partial charge in [-0.05, 0) is 65.7 Å². The first kappa shape index (κ1) is 19.6. The quantitative estimate of drug-likeness (QED) is 0.584. The van der Waals surface area contributed by atoms with Crippen molar-refractivity contribution in [3.8, 4) is 11.5 Å². The molecular formula is C22H32O3. The van der Waals surface area contributed by atoms with E-state index in [1.807, 2.05) is 19.1 Å². The highest BCUT2D eigenvalue weighted by Crippen LogP contribution is 2.37. The molecular weight excluding hydrogens is 312 g/mol. The maximum Gasteiger partial charge on any atom is 0.127 e. The lowest BCUT2D eigenvalue weighted by Gasteiger charge is -2.22. The summed E-state index contributed by atoms with van der Waals surface area (Å²) < 4.78 is 17.5. The average Bonchev–Trinajstić information content (AvgIpc) is 2.80. The fourth-order valence-corrected chi connectivity index (χ4v) is 2.97. The second-order valence-corrected chi connectivity index (χ2v) is 7.87. The number of benzene rings is 1. The summed E-state index contributed by atoms with van der Waals surface area (Å²) in [6.07, 6.45) is 8.21. The van der Waals surface area contributed by atoms with E-state index in [0.29, 0.717) is 6.61 Å². The zero-order valence-electron chi connectivity index (χ0n) is 16.5. The Labute approximate surface area is 152 Å². The van der Waals surface area contributed by atoms with E-state index >= 15 is 0 Å². The first-order valence-corrected chi connectivity index (χ1v) is 9.13. The summed E-state index contributed by atoms with van der Waals surface area (Å²) in [6.45, 7) is 13.8. The Hall–Kier alpha value is -1.74. The molecule has 0 fully saturated rings. The molecule has 0 amide bonds. The molecule has 1 aliphatic rings. The number of fused-ring (bicyclic) bond motifs is 1. The SMILES string of the molecule is CCOC(C)(C)C/C=C/C(C)=C/COc1ccc2c(c1)OC(C)(C)C2. The molecule has 1 heterocycles. The van der Waals surface area contributed by atoms with Crippen molar-refractivity contribution in [3.05, 3.63) is 47.6 Å². The Kier molecular flexibility index (Phi) is 6.34. The van der Waals surface area contributed by atoms with Crippen LogP contribution in [-0.2, 0) is 11.2 Å². The lowest BCUT2D eigenvalue weighted by Crippen LogP contribution is -2.24. The molecule has 1 aromatic carbocycles. The van der Waals surface area contributed by atoms with Crippen molar-refractivity contribution in [2.45, 2.75) is 65.6 Å². The Morgan fingerprint density at radius 1 is 1.32 bits per heavy atom. The van der Waals surface area contributed by atoms with Gasteiger partial charge in [0.25, 0.3) is 0 Å². The highest BCUT2D eigenvalue weighted by molar-refractivity contribution is 5.44. The first-order chi connectivity index (χ1) is 11.7. The van der Waals surface area contributed by atoms with Crippen LogP contribution in [0.1, 0.15) is 53.5 Å². The van der Waals surface area contributed by atoms with E-state index in [4.69, 9.17) is 14.2 Å². The number of allylic oxidation sites excluding steroid dienone is 2. The summed E-state index contributed by atoms with van der Waals surface area (Å²) in [7, 11) is 0. The molecule has 0 aromatic heterocycles. The van der Waals surface area contributed by atoms with Gasteiger partial charge in [-0.3, -0.25) is 0 Å². The Morgan fingerprint density at radius 3 is 2.80 bits per heavy atom. The van der Waals surface area contributed by atoms with Gasteiger partial charge in [0, 0.05) is 19.1 Å². The molecule has 138 valence electrons. The topological polar surface area (TPSA) is 27.7 Å². The van der Waals surface area contributed by atoms with Gasteiger partial charge >= 0.3 is 0 Å². The van der Waals surface area contributed by atoms with Crippen LogP contribution >= 0.6 is 0 Å². The fourth-order valence-electron chi connectivity index (χ4n) is 2.97. The second kappa shape index (κ2) is 8.09. The molecule has 0 unspecified atom stereocenters. The minimum absolute atomic E-state index is 0.111. The Balaban J connectivity index is 1.83. The molecule has 0 aliphatic carbocycles. The van der Waals surface area contributed by atoms with Crippen molar-refractivity contribution in [3.63, 3.8) is 0 Å². The molecule has 0 spiro atoms. The molecule has 0 atom stereocenters. The van der Waals surface area contributed by atoms with Gasteiger partial charge in [-0.25, -0.2) is 0 Å². The molecule has 2 rings (SSSR count). The first-order valence-electron chi connectivity index (χ1n) is 9.13. The van der Waals surface area contributed by atoms with Gasteiger partial charge in [-0.2, -0.15) is 0 Å². The molecule has 3 heteroatoms. The molecule has 0 radical (unpaired) electrons. The summed E-state index contributed by atoms with van der Waals surface area (Å²) in [4.78, 5) is 0. The minimum atomic E-state index is -0.114. The fraction of sp³-hybridized carbons (Fsp3) is 0.545. The van der Waals surface area contributed by atoms with Gasteiger partial charge in [-0.1, -0.05) is 23.8 Å². The summed E-state index contributed by atoms with van der Waals surface area (Å²) in [5, 5.41) is 0. The third kappa shape index (κ3) is 6.24. The number of rotatable bonds is 8. The standard InChI is InChI=1S/C22H32O3/c1-7-24-21(3,4)13-8-9-17(2)12-14-23-19-11-10-18-16-22(5,6)25-20(18)15-19/h8-12,15H,7,13-14,16H2,1-6H3/b9-8+,17-12+. The molecule has 0 saturated heterocycles. The van der Waals surface area contributed by atoms with E-state index in [1.165, 1.54) is 11.1 Å². The van der Waals surface area contributed by atoms with Gasteiger partial charge in [0.05, 0.1) is 5.60 Å². The van der Waals surface area contributed by atoms with Crippen LogP contribution in [0.4, 0.5) is 0 Å². The largest absolute Gasteiger partial charge is 0.489 e. The van der Waals surface area contributed by atoms with Gasteiger partial charge in [-0.15, -0.1) is 0 Å². The third-order valence-electron chi connectivity index (χ3n) is 4.22. The van der Waals surface area contributed by atoms with Crippen LogP contribution in [0, 0.1) is 0 Å². The smallest absolute Gasteiger partial charge is 0.127 e. The van der Waals surface area contributed by atoms with Crippen molar-refractivity contribution >= 4 is 0 Å². The van der Waals surface area contributed by atoms with E-state index in [-0.39, 0.29) is 11.2 Å². The van der Waals surface area contributed by atoms with Crippen LogP contribution in [0.2, 0.25) is 0 Å². The van der Waals surface area contributed by atoms with E-state index in [9.17, 15) is 0 Å². The molecule has 0 bridgehead atoms. The van der Waals surface area contributed by atoms with Crippen LogP contribution < -0.4 is 9.47 Å². The monoisotopic (exact) mass is 344 g/mol. The van der Waals surface area contributed by atoms with Gasteiger partial charge in [0.2, 0.25) is 0 Å². The van der Waals surface area contributed by atoms with Gasteiger partial charge in [0.15, 0.2) is 0 Å². The maximum absolute atomic E-state index is 5.95. The normalized spacial score (nSPS) is 16.8. The molecule has 25 heavy (non-hydrogen) atoms. The Bertz CT molecular complexity index is 639. The van der Waals surface area contributed by atoms with E-state index in [0.717, 1.165) is 30.9 Å². The van der Waals surface area contributed by atoms with E-state index < -0.39 is 0 Å². The van der Waals surface area contributed by atoms with Crippen molar-refractivity contribution in [1.29, 1.82) is 0 Å². The molecule has 1 aliphatic heterocycles. The van der Waals surface area contributed by atoms with Gasteiger partial charge < -0.3 is 14.2 Å². The zero-order valence-corrected chi connectivity index (χ0v) is 16.5. The summed E-state index contributed by atoms with van der Waals surface area (Å²) >= 11 is 0. The molecule has 1 aromatic rings. The highest BCUT2D eigenvalue weighted by atomic mass is 16.5. The number of hydrogen-bond donors (Lipinski definition) is 0. The lowest BCUT2D eigenvalue weighted by molar-refractivity contribution is -0.00733. The van der Waals surface area contributed by atoms with Crippen LogP contribution in [0.15, 0.2) is 42.0 Å². The predicted octanol–water partition coefficient (Wildman–Crippen LogP) is 5.49. The highest BCUT2D eigenvalue weighted by Gasteiger charge is 2.30. The maximum atomic E-state index is 5.95. The van der Waals surface area contributed by atoms with Crippen LogP contribution in [0.3, 0.4) is 0 Å². The second-order valence-electron chi connectivity index (χ2n) is 7.87. The van der Waals surface area contributed by atoms with Crippen molar-refractivity contribution in [2.24, 2.45) is 0 Å². The van der Waals surface area contributed by atoms with E-state index in [2.05, 4.69) is 58.9 Å². The van der Waals surface area contributed by atoms with Crippen LogP contribution in [0.5, 0.6) is 11.5 Å². The average molecular weight is 344 g/mol. The van der Waals surface area contributed by atoms with Crippen molar-refractivity contribution in [1.82, 2.24) is 0 Å². The zero-order chi connectivity index (χ0) is 18.5. The van der Waals surface area contributed by atoms with Crippen molar-refractivity contribution in [2.75, 3.05) is 13.2 Å². The minimum Gasteiger partial charge on any atom is -0.489 e. The Morgan fingerprint density at radius 2 is 2.08 bits per heavy atom. The number of ether oxygens (including phenoxy) is 3. The van der Waals surface area contributed by atoms with Crippen molar-refractivity contribution < 1.29 is 14.2 Å². The van der Waals surface area contributed by atoms with Crippen LogP contribution in [-0.4, -0.2) is 24.4 Å². The summed E-state index contributed by atoms with van der Waals surface area (Å²) in [5.74, 6) is 1.79. The third-order valence-corrected chi connectivity index (χ3v) is 4.22. The molecule has 0 saturated carbocycles. The number of hydrogen-bond acceptors (Lipinski definition) is 3. The molecule has 3 nitrogen and oxygen atoms in total. The lowest BCUT2D eigenvalue weighted by atomic mass is 10.0. The summed E-state index contributed by atoms with van der Waals surface area (Å²) in [5.41, 5.74) is 2.22. The van der Waals surface area contributed by atoms with Crippen LogP contribution in [0.25, 0.3) is 0 Å². The molecule has 0 N–H and O–H groups in total. The van der Waals surface area contributed by atoms with E-state index in [1.54, 1.807) is 0 Å². The summed E-state index contributed by atoms with van der Waals surface area (Å²) in [6, 6.07) is 6.12. The van der Waals surface area contributed by atoms with Gasteiger partial charge in [0.1, 0.15) is 23.7 Å². The predicted molar refractivity (Wildman–Crippen MR) is 104 cm³/mol.